The number of hydrogen-bond acceptors (Lipinski definition) is 4. The number of nitrogens with zero attached hydrogens (tertiary/aromatic N) is 4. The van der Waals surface area contributed by atoms with Crippen molar-refractivity contribution in [2.45, 2.75) is 45.7 Å². The van der Waals surface area contributed by atoms with Gasteiger partial charge in [-0.15, -0.1) is 0 Å². The highest BCUT2D eigenvalue weighted by atomic mass is 79.9. The van der Waals surface area contributed by atoms with E-state index in [0.717, 1.165) is 27.2 Å². The first-order valence-electron chi connectivity index (χ1n) is 9.33. The first-order chi connectivity index (χ1) is 13.0. The van der Waals surface area contributed by atoms with Crippen LogP contribution in [0.3, 0.4) is 0 Å². The number of piperidine rings is 1. The standard InChI is InChI=1S/C19H19BrN4O.C2H6/c1-12-5-4-8-21-19(12)16-10-13(25)9-15(23(16)2)14-11-24-17(20)6-3-7-18(24)22-14;1-2/h3-8,11,15-16H,9-10H2,1-2H3;1-2H3. The van der Waals surface area contributed by atoms with Crippen molar-refractivity contribution in [2.75, 3.05) is 7.05 Å². The molecule has 6 heteroatoms. The summed E-state index contributed by atoms with van der Waals surface area (Å²) in [5.74, 6) is 0.259. The van der Waals surface area contributed by atoms with E-state index in [9.17, 15) is 4.79 Å². The minimum Gasteiger partial charge on any atom is -0.300 e. The summed E-state index contributed by atoms with van der Waals surface area (Å²) in [6.45, 7) is 6.05. The zero-order valence-electron chi connectivity index (χ0n) is 16.2. The van der Waals surface area contributed by atoms with Crippen LogP contribution in [-0.2, 0) is 4.79 Å². The molecule has 1 saturated heterocycles. The van der Waals surface area contributed by atoms with Crippen LogP contribution < -0.4 is 0 Å². The molecule has 0 spiro atoms. The van der Waals surface area contributed by atoms with E-state index in [1.165, 1.54) is 0 Å². The summed E-state index contributed by atoms with van der Waals surface area (Å²) in [6, 6.07) is 9.84. The zero-order chi connectivity index (χ0) is 19.6. The molecule has 3 aromatic heterocycles. The average molecular weight is 429 g/mol. The number of ketones is 1. The van der Waals surface area contributed by atoms with Crippen molar-refractivity contribution in [3.63, 3.8) is 0 Å². The number of hydrogen-bond donors (Lipinski definition) is 0. The maximum Gasteiger partial charge on any atom is 0.137 e. The van der Waals surface area contributed by atoms with Crippen LogP contribution in [0.4, 0.5) is 0 Å². The Morgan fingerprint density at radius 2 is 1.85 bits per heavy atom. The molecular formula is C21H25BrN4O. The molecule has 0 aliphatic carbocycles. The zero-order valence-corrected chi connectivity index (χ0v) is 17.8. The third-order valence-corrected chi connectivity index (χ3v) is 5.64. The van der Waals surface area contributed by atoms with Gasteiger partial charge in [0.25, 0.3) is 0 Å². The van der Waals surface area contributed by atoms with Gasteiger partial charge in [0.1, 0.15) is 11.4 Å². The van der Waals surface area contributed by atoms with Gasteiger partial charge in [-0.25, -0.2) is 4.98 Å². The maximum absolute atomic E-state index is 12.5. The molecule has 2 atom stereocenters. The number of fused-ring (bicyclic) bond motifs is 1. The summed E-state index contributed by atoms with van der Waals surface area (Å²) in [7, 11) is 2.06. The molecule has 0 saturated carbocycles. The molecule has 2 unspecified atom stereocenters. The fraction of sp³-hybridized carbons (Fsp3) is 0.381. The molecule has 4 heterocycles. The van der Waals surface area contributed by atoms with E-state index in [0.29, 0.717) is 12.8 Å². The van der Waals surface area contributed by atoms with Crippen LogP contribution in [-0.4, -0.2) is 32.1 Å². The molecule has 3 aromatic rings. The lowest BCUT2D eigenvalue weighted by atomic mass is 9.90. The first-order valence-corrected chi connectivity index (χ1v) is 10.1. The SMILES string of the molecule is CC.Cc1cccnc1C1CC(=O)CC(c2cn3c(Br)cccc3n2)N1C. The Kier molecular flexibility index (Phi) is 6.07. The van der Waals surface area contributed by atoms with Gasteiger partial charge in [-0.3, -0.25) is 19.1 Å². The Morgan fingerprint density at radius 3 is 2.56 bits per heavy atom. The maximum atomic E-state index is 12.5. The lowest BCUT2D eigenvalue weighted by Gasteiger charge is -2.38. The van der Waals surface area contributed by atoms with Crippen LogP contribution in [0, 0.1) is 6.92 Å². The van der Waals surface area contributed by atoms with E-state index in [1.54, 1.807) is 6.20 Å². The molecule has 1 aliphatic heterocycles. The minimum absolute atomic E-state index is 0.0132. The number of Topliss-reactive ketones (excluding diaryl/α,β-unsaturated/α-hetero) is 1. The lowest BCUT2D eigenvalue weighted by Crippen LogP contribution is -2.37. The van der Waals surface area contributed by atoms with Crippen molar-refractivity contribution in [2.24, 2.45) is 0 Å². The number of carbonyl (C=O) groups excluding carboxylic acids is 1. The number of halogens is 1. The molecule has 0 amide bonds. The predicted molar refractivity (Wildman–Crippen MR) is 111 cm³/mol. The van der Waals surface area contributed by atoms with Crippen molar-refractivity contribution in [3.8, 4) is 0 Å². The van der Waals surface area contributed by atoms with Gasteiger partial charge < -0.3 is 0 Å². The van der Waals surface area contributed by atoms with Crippen LogP contribution in [0.15, 0.2) is 47.3 Å². The quantitative estimate of drug-likeness (QED) is 0.544. The van der Waals surface area contributed by atoms with E-state index in [1.807, 2.05) is 61.7 Å². The Balaban J connectivity index is 0.00000102. The number of aryl methyl sites for hydroxylation is 1. The highest BCUT2D eigenvalue weighted by Crippen LogP contribution is 2.38. The minimum atomic E-state index is -0.0422. The number of imidazole rings is 1. The summed E-state index contributed by atoms with van der Waals surface area (Å²) >= 11 is 3.55. The second kappa shape index (κ2) is 8.31. The average Bonchev–Trinajstić information content (AvgIpc) is 3.11. The second-order valence-corrected chi connectivity index (χ2v) is 7.40. The summed E-state index contributed by atoms with van der Waals surface area (Å²) in [5, 5.41) is 0. The lowest BCUT2D eigenvalue weighted by molar-refractivity contribution is -0.125. The van der Waals surface area contributed by atoms with Gasteiger partial charge >= 0.3 is 0 Å². The molecule has 0 aromatic carbocycles. The van der Waals surface area contributed by atoms with Crippen LogP contribution in [0.25, 0.3) is 5.65 Å². The molecule has 0 N–H and O–H groups in total. The largest absolute Gasteiger partial charge is 0.300 e. The molecule has 0 bridgehead atoms. The summed E-state index contributed by atoms with van der Waals surface area (Å²) in [5.41, 5.74) is 3.89. The summed E-state index contributed by atoms with van der Waals surface area (Å²) in [4.78, 5) is 24.0. The molecule has 27 heavy (non-hydrogen) atoms. The monoisotopic (exact) mass is 428 g/mol. The predicted octanol–water partition coefficient (Wildman–Crippen LogP) is 4.90. The number of carbonyl (C=O) groups is 1. The number of rotatable bonds is 2. The van der Waals surface area contributed by atoms with Gasteiger partial charge in [-0.1, -0.05) is 26.0 Å². The van der Waals surface area contributed by atoms with Crippen molar-refractivity contribution in [1.29, 1.82) is 0 Å². The molecule has 1 aliphatic rings. The van der Waals surface area contributed by atoms with Gasteiger partial charge in [0, 0.05) is 25.2 Å². The highest BCUT2D eigenvalue weighted by molar-refractivity contribution is 9.10. The van der Waals surface area contributed by atoms with E-state index < -0.39 is 0 Å². The van der Waals surface area contributed by atoms with Gasteiger partial charge in [-0.05, 0) is 53.7 Å². The Hall–Kier alpha value is -2.05. The Bertz CT molecular complexity index is 952. The van der Waals surface area contributed by atoms with Crippen LogP contribution in [0.2, 0.25) is 0 Å². The summed E-state index contributed by atoms with van der Waals surface area (Å²) in [6.07, 6.45) is 4.80. The van der Waals surface area contributed by atoms with E-state index in [-0.39, 0.29) is 17.9 Å². The normalized spacial score (nSPS) is 20.4. The van der Waals surface area contributed by atoms with E-state index in [2.05, 4.69) is 32.9 Å². The Morgan fingerprint density at radius 1 is 1.11 bits per heavy atom. The molecular weight excluding hydrogens is 404 g/mol. The van der Waals surface area contributed by atoms with Gasteiger partial charge in [-0.2, -0.15) is 0 Å². The van der Waals surface area contributed by atoms with Crippen molar-refractivity contribution >= 4 is 27.4 Å². The van der Waals surface area contributed by atoms with Crippen LogP contribution in [0.1, 0.15) is 55.7 Å². The topological polar surface area (TPSA) is 50.5 Å². The number of pyridine rings is 2. The molecule has 1 fully saturated rings. The van der Waals surface area contributed by atoms with Crippen molar-refractivity contribution < 1.29 is 4.79 Å². The van der Waals surface area contributed by atoms with Crippen molar-refractivity contribution in [3.05, 3.63) is 64.3 Å². The third-order valence-electron chi connectivity index (χ3n) is 4.99. The van der Waals surface area contributed by atoms with E-state index in [4.69, 9.17) is 4.98 Å². The van der Waals surface area contributed by atoms with Crippen molar-refractivity contribution in [1.82, 2.24) is 19.3 Å². The van der Waals surface area contributed by atoms with E-state index >= 15 is 0 Å². The highest BCUT2D eigenvalue weighted by Gasteiger charge is 2.36. The fourth-order valence-corrected chi connectivity index (χ4v) is 4.06. The van der Waals surface area contributed by atoms with Crippen LogP contribution >= 0.6 is 15.9 Å². The Labute approximate surface area is 168 Å². The molecule has 4 rings (SSSR count). The number of likely N-dealkylation sites (tertiary alicyclic amines) is 1. The second-order valence-electron chi connectivity index (χ2n) is 6.59. The van der Waals surface area contributed by atoms with Crippen LogP contribution in [0.5, 0.6) is 0 Å². The molecule has 5 nitrogen and oxygen atoms in total. The smallest absolute Gasteiger partial charge is 0.137 e. The molecule has 142 valence electrons. The fourth-order valence-electron chi connectivity index (χ4n) is 3.63. The summed E-state index contributed by atoms with van der Waals surface area (Å²) < 4.78 is 2.95. The van der Waals surface area contributed by atoms with Gasteiger partial charge in [0.2, 0.25) is 0 Å². The van der Waals surface area contributed by atoms with Gasteiger partial charge in [0.15, 0.2) is 0 Å². The van der Waals surface area contributed by atoms with Gasteiger partial charge in [0.05, 0.1) is 28.1 Å². The first kappa shape index (κ1) is 19.7. The molecule has 0 radical (unpaired) electrons. The number of aromatic nitrogens is 3. The third kappa shape index (κ3) is 3.82.